The molecule has 0 fully saturated rings. The van der Waals surface area contributed by atoms with E-state index in [1.54, 1.807) is 26.5 Å². The highest BCUT2D eigenvalue weighted by Gasteiger charge is 2.00. The van der Waals surface area contributed by atoms with Gasteiger partial charge in [0.25, 0.3) is 0 Å². The minimum atomic E-state index is 0.417. The first-order valence-electron chi connectivity index (χ1n) is 6.97. The van der Waals surface area contributed by atoms with Crippen molar-refractivity contribution in [2.24, 2.45) is 15.9 Å². The molecule has 0 saturated carbocycles. The third kappa shape index (κ3) is 5.67. The van der Waals surface area contributed by atoms with Gasteiger partial charge in [-0.15, -0.1) is 5.10 Å². The lowest BCUT2D eigenvalue weighted by Gasteiger charge is -2.05. The summed E-state index contributed by atoms with van der Waals surface area (Å²) in [7, 11) is 3.21. The molecule has 2 aromatic carbocycles. The summed E-state index contributed by atoms with van der Waals surface area (Å²) in [5, 5.41) is 8.42. The van der Waals surface area contributed by atoms with Crippen molar-refractivity contribution in [3.8, 4) is 11.5 Å². The number of thioether (sulfide) groups is 1. The summed E-state index contributed by atoms with van der Waals surface area (Å²) in [5.74, 6) is 2.15. The quantitative estimate of drug-likeness (QED) is 0.501. The fourth-order valence-electron chi connectivity index (χ4n) is 1.82. The number of nitrogens with two attached hydrogens (primary N) is 1. The number of amidine groups is 1. The molecule has 0 atom stereocenters. The Hall–Kier alpha value is -2.47. The Morgan fingerprint density at radius 3 is 2.35 bits per heavy atom. The largest absolute Gasteiger partial charge is 0.497 e. The second kappa shape index (κ2) is 8.85. The molecule has 120 valence electrons. The molecule has 0 aliphatic heterocycles. The van der Waals surface area contributed by atoms with E-state index < -0.39 is 0 Å². The molecule has 2 aromatic rings. The van der Waals surface area contributed by atoms with Crippen molar-refractivity contribution in [2.75, 3.05) is 14.2 Å². The van der Waals surface area contributed by atoms with E-state index in [1.807, 2.05) is 42.5 Å². The lowest BCUT2D eigenvalue weighted by atomic mass is 10.2. The molecule has 6 heteroatoms. The minimum absolute atomic E-state index is 0.417. The summed E-state index contributed by atoms with van der Waals surface area (Å²) in [6, 6.07) is 15.6. The summed E-state index contributed by atoms with van der Waals surface area (Å²) in [4.78, 5) is 0. The first-order valence-corrected chi connectivity index (χ1v) is 7.96. The van der Waals surface area contributed by atoms with Crippen LogP contribution < -0.4 is 15.2 Å². The predicted molar refractivity (Wildman–Crippen MR) is 96.5 cm³/mol. The Labute approximate surface area is 140 Å². The predicted octanol–water partition coefficient (Wildman–Crippen LogP) is 3.29. The summed E-state index contributed by atoms with van der Waals surface area (Å²) in [6.45, 7) is 0. The van der Waals surface area contributed by atoms with Crippen LogP contribution in [0, 0.1) is 0 Å². The fraction of sp³-hybridized carbons (Fsp3) is 0.176. The molecule has 5 nitrogen and oxygen atoms in total. The van der Waals surface area contributed by atoms with Crippen molar-refractivity contribution in [3.05, 3.63) is 59.7 Å². The maximum atomic E-state index is 5.85. The number of hydrogen-bond donors (Lipinski definition) is 1. The third-order valence-electron chi connectivity index (χ3n) is 2.97. The highest BCUT2D eigenvalue weighted by Crippen LogP contribution is 2.21. The molecule has 0 amide bonds. The van der Waals surface area contributed by atoms with Crippen LogP contribution in [-0.4, -0.2) is 25.6 Å². The van der Waals surface area contributed by atoms with Gasteiger partial charge in [0.1, 0.15) is 11.5 Å². The van der Waals surface area contributed by atoms with Gasteiger partial charge >= 0.3 is 0 Å². The number of hydrogen-bond acceptors (Lipinski definition) is 5. The third-order valence-corrected chi connectivity index (χ3v) is 3.82. The number of methoxy groups -OCH3 is 2. The topological polar surface area (TPSA) is 69.2 Å². The lowest BCUT2D eigenvalue weighted by molar-refractivity contribution is 0.394. The molecular formula is C17H19N3O2S. The van der Waals surface area contributed by atoms with Crippen LogP contribution in [0.2, 0.25) is 0 Å². The van der Waals surface area contributed by atoms with Gasteiger partial charge in [0.15, 0.2) is 5.17 Å². The van der Waals surface area contributed by atoms with Crippen LogP contribution in [0.15, 0.2) is 58.7 Å². The van der Waals surface area contributed by atoms with Gasteiger partial charge in [-0.05, 0) is 17.7 Å². The van der Waals surface area contributed by atoms with Crippen molar-refractivity contribution in [1.82, 2.24) is 0 Å². The molecule has 23 heavy (non-hydrogen) atoms. The van der Waals surface area contributed by atoms with Gasteiger partial charge in [0.2, 0.25) is 0 Å². The molecule has 0 aliphatic rings. The molecule has 0 aliphatic carbocycles. The SMILES string of the molecule is COc1cc(C=NN=C(N)SCc2ccccc2)cc(OC)c1. The van der Waals surface area contributed by atoms with Crippen LogP contribution in [0.1, 0.15) is 11.1 Å². The van der Waals surface area contributed by atoms with Crippen molar-refractivity contribution < 1.29 is 9.47 Å². The molecule has 0 aromatic heterocycles. The normalized spacial score (nSPS) is 11.7. The first kappa shape index (κ1) is 16.9. The maximum absolute atomic E-state index is 5.85. The average molecular weight is 329 g/mol. The Kier molecular flexibility index (Phi) is 6.50. The number of ether oxygens (including phenoxy) is 2. The summed E-state index contributed by atoms with van der Waals surface area (Å²) in [6.07, 6.45) is 1.61. The fourth-order valence-corrected chi connectivity index (χ4v) is 2.43. The average Bonchev–Trinajstić information content (AvgIpc) is 2.60. The van der Waals surface area contributed by atoms with Gasteiger partial charge in [-0.1, -0.05) is 42.1 Å². The van der Waals surface area contributed by atoms with E-state index in [-0.39, 0.29) is 0 Å². The summed E-state index contributed by atoms with van der Waals surface area (Å²) < 4.78 is 10.4. The van der Waals surface area contributed by atoms with Crippen LogP contribution >= 0.6 is 11.8 Å². The molecule has 0 radical (unpaired) electrons. The van der Waals surface area contributed by atoms with E-state index in [1.165, 1.54) is 17.3 Å². The van der Waals surface area contributed by atoms with Gasteiger partial charge in [-0.2, -0.15) is 5.10 Å². The molecule has 0 bridgehead atoms. The van der Waals surface area contributed by atoms with E-state index in [0.29, 0.717) is 16.7 Å². The van der Waals surface area contributed by atoms with Gasteiger partial charge in [-0.25, -0.2) is 0 Å². The van der Waals surface area contributed by atoms with Crippen LogP contribution in [-0.2, 0) is 5.75 Å². The van der Waals surface area contributed by atoms with Crippen molar-refractivity contribution in [3.63, 3.8) is 0 Å². The van der Waals surface area contributed by atoms with E-state index in [0.717, 1.165) is 11.3 Å². The number of rotatable bonds is 6. The Morgan fingerprint density at radius 2 is 1.74 bits per heavy atom. The monoisotopic (exact) mass is 329 g/mol. The zero-order valence-electron chi connectivity index (χ0n) is 13.1. The Morgan fingerprint density at radius 1 is 1.09 bits per heavy atom. The second-order valence-electron chi connectivity index (χ2n) is 4.60. The van der Waals surface area contributed by atoms with Crippen LogP contribution in [0.25, 0.3) is 0 Å². The van der Waals surface area contributed by atoms with Crippen molar-refractivity contribution in [1.29, 1.82) is 0 Å². The van der Waals surface area contributed by atoms with Crippen LogP contribution in [0.5, 0.6) is 11.5 Å². The molecule has 2 N–H and O–H groups in total. The molecular weight excluding hydrogens is 310 g/mol. The standard InChI is InChI=1S/C17H19N3O2S/c1-21-15-8-14(9-16(10-15)22-2)11-19-20-17(18)23-12-13-6-4-3-5-7-13/h3-11H,12H2,1-2H3,(H2,18,20). The summed E-state index contributed by atoms with van der Waals surface area (Å²) in [5.41, 5.74) is 7.86. The van der Waals surface area contributed by atoms with Gasteiger partial charge in [0, 0.05) is 17.4 Å². The highest BCUT2D eigenvalue weighted by molar-refractivity contribution is 8.13. The van der Waals surface area contributed by atoms with Gasteiger partial charge in [-0.3, -0.25) is 0 Å². The van der Waals surface area contributed by atoms with E-state index >= 15 is 0 Å². The Bertz CT molecular complexity index is 665. The molecule has 0 heterocycles. The lowest BCUT2D eigenvalue weighted by Crippen LogP contribution is -2.06. The van der Waals surface area contributed by atoms with E-state index in [9.17, 15) is 0 Å². The smallest absolute Gasteiger partial charge is 0.180 e. The van der Waals surface area contributed by atoms with E-state index in [2.05, 4.69) is 10.2 Å². The molecule has 0 unspecified atom stereocenters. The first-order chi connectivity index (χ1) is 11.2. The molecule has 0 spiro atoms. The molecule has 0 saturated heterocycles. The van der Waals surface area contributed by atoms with Gasteiger partial charge < -0.3 is 15.2 Å². The van der Waals surface area contributed by atoms with E-state index in [4.69, 9.17) is 15.2 Å². The maximum Gasteiger partial charge on any atom is 0.180 e. The van der Waals surface area contributed by atoms with Crippen molar-refractivity contribution >= 4 is 23.1 Å². The van der Waals surface area contributed by atoms with Crippen LogP contribution in [0.3, 0.4) is 0 Å². The van der Waals surface area contributed by atoms with Gasteiger partial charge in [0.05, 0.1) is 20.4 Å². The Balaban J connectivity index is 1.96. The zero-order valence-corrected chi connectivity index (χ0v) is 13.9. The second-order valence-corrected chi connectivity index (χ2v) is 5.60. The molecule has 2 rings (SSSR count). The highest BCUT2D eigenvalue weighted by atomic mass is 32.2. The summed E-state index contributed by atoms with van der Waals surface area (Å²) >= 11 is 1.44. The number of benzene rings is 2. The van der Waals surface area contributed by atoms with Crippen molar-refractivity contribution in [2.45, 2.75) is 5.75 Å². The number of nitrogens with zero attached hydrogens (tertiary/aromatic N) is 2. The zero-order chi connectivity index (χ0) is 16.5. The van der Waals surface area contributed by atoms with Crippen LogP contribution in [0.4, 0.5) is 0 Å². The minimum Gasteiger partial charge on any atom is -0.497 e.